The van der Waals surface area contributed by atoms with Crippen LogP contribution in [0.25, 0.3) is 0 Å². The third-order valence-electron chi connectivity index (χ3n) is 2.44. The van der Waals surface area contributed by atoms with Crippen molar-refractivity contribution in [1.82, 2.24) is 15.1 Å². The first-order chi connectivity index (χ1) is 7.74. The zero-order valence-corrected chi connectivity index (χ0v) is 10.9. The lowest BCUT2D eigenvalue weighted by atomic mass is 10.2. The van der Waals surface area contributed by atoms with Crippen molar-refractivity contribution in [3.8, 4) is 0 Å². The van der Waals surface area contributed by atoms with E-state index in [0.717, 1.165) is 18.7 Å². The van der Waals surface area contributed by atoms with Crippen LogP contribution in [0.15, 0.2) is 6.20 Å². The summed E-state index contributed by atoms with van der Waals surface area (Å²) in [7, 11) is 1.91. The number of hydrogen-bond donors (Lipinski definition) is 1. The smallest absolute Gasteiger partial charge is 0.0835 e. The zero-order valence-electron chi connectivity index (χ0n) is 10.2. The molecule has 1 unspecified atom stereocenters. The molecule has 0 saturated heterocycles. The topological polar surface area (TPSA) is 39.1 Å². The van der Waals surface area contributed by atoms with Crippen molar-refractivity contribution >= 4 is 11.6 Å². The molecular formula is C11H20ClN3O. The molecule has 1 aromatic heterocycles. The van der Waals surface area contributed by atoms with Crippen LogP contribution in [0.2, 0.25) is 5.02 Å². The Bertz CT molecular complexity index is 314. The second-order valence-electron chi connectivity index (χ2n) is 3.60. The van der Waals surface area contributed by atoms with Crippen molar-refractivity contribution in [2.24, 2.45) is 0 Å². The van der Waals surface area contributed by atoms with Gasteiger partial charge in [-0.1, -0.05) is 18.5 Å². The number of aryl methyl sites for hydroxylation is 1. The van der Waals surface area contributed by atoms with Crippen molar-refractivity contribution in [3.05, 3.63) is 16.9 Å². The lowest BCUT2D eigenvalue weighted by Gasteiger charge is -2.18. The van der Waals surface area contributed by atoms with E-state index in [1.54, 1.807) is 6.20 Å². The molecule has 1 heterocycles. The van der Waals surface area contributed by atoms with E-state index in [0.29, 0.717) is 18.2 Å². The van der Waals surface area contributed by atoms with Crippen LogP contribution in [0.4, 0.5) is 0 Å². The number of rotatable bonds is 7. The van der Waals surface area contributed by atoms with Crippen LogP contribution >= 0.6 is 11.6 Å². The minimum absolute atomic E-state index is 0.0986. The highest BCUT2D eigenvalue weighted by atomic mass is 35.5. The van der Waals surface area contributed by atoms with Gasteiger partial charge in [0.2, 0.25) is 0 Å². The Morgan fingerprint density at radius 2 is 2.31 bits per heavy atom. The van der Waals surface area contributed by atoms with Gasteiger partial charge < -0.3 is 10.1 Å². The van der Waals surface area contributed by atoms with Gasteiger partial charge in [0, 0.05) is 13.2 Å². The molecule has 0 aromatic carbocycles. The van der Waals surface area contributed by atoms with Gasteiger partial charge in [-0.25, -0.2) is 0 Å². The predicted molar refractivity (Wildman–Crippen MR) is 65.8 cm³/mol. The number of nitrogens with one attached hydrogen (secondary N) is 1. The van der Waals surface area contributed by atoms with E-state index in [1.165, 1.54) is 0 Å². The van der Waals surface area contributed by atoms with E-state index in [-0.39, 0.29) is 6.04 Å². The van der Waals surface area contributed by atoms with Gasteiger partial charge in [0.1, 0.15) is 0 Å². The Morgan fingerprint density at radius 1 is 1.56 bits per heavy atom. The monoisotopic (exact) mass is 245 g/mol. The Balaban J connectivity index is 2.84. The van der Waals surface area contributed by atoms with Crippen LogP contribution in [0.3, 0.4) is 0 Å². The molecule has 1 rings (SSSR count). The molecule has 0 saturated carbocycles. The van der Waals surface area contributed by atoms with Gasteiger partial charge in [0.15, 0.2) is 0 Å². The fraction of sp³-hybridized carbons (Fsp3) is 0.727. The van der Waals surface area contributed by atoms with Crippen molar-refractivity contribution in [1.29, 1.82) is 0 Å². The molecule has 0 spiro atoms. The number of aromatic nitrogens is 2. The second-order valence-corrected chi connectivity index (χ2v) is 4.01. The molecule has 0 aliphatic carbocycles. The fourth-order valence-corrected chi connectivity index (χ4v) is 1.92. The third kappa shape index (κ3) is 3.20. The normalized spacial score (nSPS) is 13.0. The number of nitrogens with zero attached hydrogens (tertiary/aromatic N) is 2. The summed E-state index contributed by atoms with van der Waals surface area (Å²) >= 11 is 6.15. The summed E-state index contributed by atoms with van der Waals surface area (Å²) in [5, 5.41) is 8.18. The van der Waals surface area contributed by atoms with Crippen LogP contribution in [0.5, 0.6) is 0 Å². The largest absolute Gasteiger partial charge is 0.380 e. The highest BCUT2D eigenvalue weighted by Gasteiger charge is 2.18. The maximum atomic E-state index is 6.15. The van der Waals surface area contributed by atoms with Gasteiger partial charge in [-0.05, 0) is 20.4 Å². The molecular weight excluding hydrogens is 226 g/mol. The number of hydrogen-bond acceptors (Lipinski definition) is 3. The number of halogens is 1. The van der Waals surface area contributed by atoms with E-state index in [4.69, 9.17) is 16.3 Å². The maximum absolute atomic E-state index is 6.15. The lowest BCUT2D eigenvalue weighted by Crippen LogP contribution is -2.25. The van der Waals surface area contributed by atoms with Crippen molar-refractivity contribution in [3.63, 3.8) is 0 Å². The molecule has 1 atom stereocenters. The minimum Gasteiger partial charge on any atom is -0.380 e. The average Bonchev–Trinajstić information content (AvgIpc) is 2.63. The first-order valence-corrected chi connectivity index (χ1v) is 6.08. The molecule has 0 radical (unpaired) electrons. The summed E-state index contributed by atoms with van der Waals surface area (Å²) in [4.78, 5) is 0. The van der Waals surface area contributed by atoms with Crippen LogP contribution in [0.1, 0.15) is 32.0 Å². The van der Waals surface area contributed by atoms with Crippen LogP contribution in [0, 0.1) is 0 Å². The summed E-state index contributed by atoms with van der Waals surface area (Å²) in [6.07, 6.45) is 2.74. The Morgan fingerprint density at radius 3 is 2.88 bits per heavy atom. The van der Waals surface area contributed by atoms with Gasteiger partial charge in [-0.3, -0.25) is 4.68 Å². The highest BCUT2D eigenvalue weighted by Crippen LogP contribution is 2.23. The maximum Gasteiger partial charge on any atom is 0.0835 e. The quantitative estimate of drug-likeness (QED) is 0.801. The summed E-state index contributed by atoms with van der Waals surface area (Å²) < 4.78 is 7.38. The summed E-state index contributed by atoms with van der Waals surface area (Å²) in [5.41, 5.74) is 1.01. The van der Waals surface area contributed by atoms with Gasteiger partial charge >= 0.3 is 0 Å². The Labute approximate surface area is 102 Å². The minimum atomic E-state index is 0.0986. The molecule has 5 heteroatoms. The lowest BCUT2D eigenvalue weighted by molar-refractivity contribution is 0.122. The molecule has 0 amide bonds. The van der Waals surface area contributed by atoms with Gasteiger partial charge in [-0.15, -0.1) is 0 Å². The predicted octanol–water partition coefficient (Wildman–Crippen LogP) is 2.24. The molecule has 16 heavy (non-hydrogen) atoms. The summed E-state index contributed by atoms with van der Waals surface area (Å²) in [5.74, 6) is 0. The van der Waals surface area contributed by atoms with E-state index >= 15 is 0 Å². The van der Waals surface area contributed by atoms with Crippen molar-refractivity contribution in [2.75, 3.05) is 20.3 Å². The number of likely N-dealkylation sites (N-methyl/N-ethyl adjacent to an activating group) is 1. The molecule has 0 aliphatic heterocycles. The standard InChI is InChI=1S/C11H20ClN3O/c1-4-6-15-11(9(12)7-14-15)10(13-3)8-16-5-2/h7,10,13H,4-6,8H2,1-3H3. The molecule has 0 fully saturated rings. The Kier molecular flexibility index (Phi) is 5.80. The second kappa shape index (κ2) is 6.89. The molecule has 0 aliphatic rings. The highest BCUT2D eigenvalue weighted by molar-refractivity contribution is 6.31. The van der Waals surface area contributed by atoms with E-state index in [1.807, 2.05) is 18.7 Å². The van der Waals surface area contributed by atoms with E-state index in [2.05, 4.69) is 17.3 Å². The molecule has 0 bridgehead atoms. The average molecular weight is 246 g/mol. The zero-order chi connectivity index (χ0) is 12.0. The van der Waals surface area contributed by atoms with Gasteiger partial charge in [0.05, 0.1) is 29.6 Å². The van der Waals surface area contributed by atoms with Crippen LogP contribution < -0.4 is 5.32 Å². The van der Waals surface area contributed by atoms with Crippen molar-refractivity contribution in [2.45, 2.75) is 32.9 Å². The SMILES string of the molecule is CCCn1ncc(Cl)c1C(COCC)NC. The summed E-state index contributed by atoms with van der Waals surface area (Å²) in [6, 6.07) is 0.0986. The van der Waals surface area contributed by atoms with Crippen LogP contribution in [-0.4, -0.2) is 30.0 Å². The first kappa shape index (κ1) is 13.5. The summed E-state index contributed by atoms with van der Waals surface area (Å²) in [6.45, 7) is 6.31. The Hall–Kier alpha value is -0.580. The molecule has 1 N–H and O–H groups in total. The third-order valence-corrected chi connectivity index (χ3v) is 2.73. The van der Waals surface area contributed by atoms with E-state index < -0.39 is 0 Å². The number of ether oxygens (including phenoxy) is 1. The van der Waals surface area contributed by atoms with Crippen molar-refractivity contribution < 1.29 is 4.74 Å². The molecule has 1 aromatic rings. The van der Waals surface area contributed by atoms with Gasteiger partial charge in [0.25, 0.3) is 0 Å². The van der Waals surface area contributed by atoms with Crippen LogP contribution in [-0.2, 0) is 11.3 Å². The van der Waals surface area contributed by atoms with E-state index in [9.17, 15) is 0 Å². The van der Waals surface area contributed by atoms with Gasteiger partial charge in [-0.2, -0.15) is 5.10 Å². The first-order valence-electron chi connectivity index (χ1n) is 5.70. The molecule has 4 nitrogen and oxygen atoms in total. The molecule has 92 valence electrons. The fourth-order valence-electron chi connectivity index (χ4n) is 1.64.